The third-order valence-corrected chi connectivity index (χ3v) is 9.38. The molecule has 0 bridgehead atoms. The Balaban J connectivity index is 1.49. The molecular formula is C37H30O18. The van der Waals surface area contributed by atoms with Gasteiger partial charge < -0.3 is 85.7 Å². The Morgan fingerprint density at radius 1 is 0.545 bits per heavy atom. The van der Waals surface area contributed by atoms with E-state index < -0.39 is 123 Å². The van der Waals surface area contributed by atoms with E-state index in [1.165, 1.54) is 0 Å². The summed E-state index contributed by atoms with van der Waals surface area (Å²) in [6, 6.07) is 8.03. The largest absolute Gasteiger partial charge is 0.508 e. The zero-order valence-corrected chi connectivity index (χ0v) is 27.7. The molecular weight excluding hydrogens is 732 g/mol. The van der Waals surface area contributed by atoms with Gasteiger partial charge in [-0.15, -0.1) is 0 Å². The second kappa shape index (κ2) is 12.9. The van der Waals surface area contributed by atoms with Gasteiger partial charge in [0.1, 0.15) is 34.5 Å². The number of rotatable bonds is 5. The lowest BCUT2D eigenvalue weighted by Gasteiger charge is -2.41. The Labute approximate surface area is 307 Å². The summed E-state index contributed by atoms with van der Waals surface area (Å²) >= 11 is 0. The van der Waals surface area contributed by atoms with Crippen LogP contribution in [0.3, 0.4) is 0 Å². The third kappa shape index (κ3) is 5.95. The summed E-state index contributed by atoms with van der Waals surface area (Å²) in [4.78, 5) is 13.9. The molecule has 1 unspecified atom stereocenters. The van der Waals surface area contributed by atoms with E-state index in [1.807, 2.05) is 0 Å². The highest BCUT2D eigenvalue weighted by molar-refractivity contribution is 5.91. The number of hydrogen-bond acceptors (Lipinski definition) is 18. The van der Waals surface area contributed by atoms with E-state index in [4.69, 9.17) is 14.2 Å². The van der Waals surface area contributed by atoms with Crippen LogP contribution in [0.2, 0.25) is 0 Å². The minimum Gasteiger partial charge on any atom is -0.508 e. The zero-order chi connectivity index (χ0) is 39.8. The van der Waals surface area contributed by atoms with Crippen molar-refractivity contribution in [2.24, 2.45) is 0 Å². The Morgan fingerprint density at radius 2 is 1.04 bits per heavy atom. The van der Waals surface area contributed by atoms with Crippen molar-refractivity contribution in [2.75, 3.05) is 0 Å². The highest BCUT2D eigenvalue weighted by atomic mass is 16.6. The lowest BCUT2D eigenvalue weighted by molar-refractivity contribution is -0.0286. The molecule has 0 saturated carbocycles. The van der Waals surface area contributed by atoms with E-state index >= 15 is 0 Å². The Hall–Kier alpha value is -7.47. The van der Waals surface area contributed by atoms with E-state index in [9.17, 15) is 76.3 Å². The normalized spacial score (nSPS) is 20.1. The minimum atomic E-state index is -1.88. The second-order valence-corrected chi connectivity index (χ2v) is 12.9. The molecule has 7 rings (SSSR count). The molecule has 5 aromatic rings. The molecule has 0 radical (unpaired) electrons. The number of esters is 1. The maximum absolute atomic E-state index is 13.9. The highest BCUT2D eigenvalue weighted by Crippen LogP contribution is 2.58. The standard InChI is InChI=1S/C37H30O18/c38-14-7-17(40)27-26(8-14)53-34(12-3-21(44)31(50)22(45)4-12)36(55-37(52)13-5-23(46)32(51)24(47)6-13)29(27)28-18(41)10-16(39)15-9-25(48)33(54-35(15)28)11-1-19(42)30(49)20(43)2-11/h1-8,10,25,29,33-34,36,38-51H,9H2/t25-,29?,33-,34-,36-/m1/s1. The van der Waals surface area contributed by atoms with Crippen molar-refractivity contribution in [1.82, 2.24) is 0 Å². The average molecular weight is 763 g/mol. The number of phenolic OH excluding ortho intramolecular Hbond substituents is 13. The third-order valence-electron chi connectivity index (χ3n) is 9.38. The number of aliphatic hydroxyl groups excluding tert-OH is 1. The molecule has 286 valence electrons. The van der Waals surface area contributed by atoms with Crippen LogP contribution in [0.4, 0.5) is 0 Å². The van der Waals surface area contributed by atoms with Gasteiger partial charge in [-0.05, 0) is 36.4 Å². The second-order valence-electron chi connectivity index (χ2n) is 12.9. The Bertz CT molecular complexity index is 2340. The first kappa shape index (κ1) is 35.9. The van der Waals surface area contributed by atoms with Crippen molar-refractivity contribution < 1.29 is 90.5 Å². The van der Waals surface area contributed by atoms with Gasteiger partial charge in [0.05, 0.1) is 17.6 Å². The lowest BCUT2D eigenvalue weighted by atomic mass is 9.77. The number of carbonyl (C=O) groups is 1. The molecule has 55 heavy (non-hydrogen) atoms. The first-order chi connectivity index (χ1) is 25.9. The molecule has 0 saturated heterocycles. The molecule has 0 amide bonds. The van der Waals surface area contributed by atoms with Gasteiger partial charge in [0.25, 0.3) is 0 Å². The quantitative estimate of drug-likeness (QED) is 0.0901. The van der Waals surface area contributed by atoms with Crippen LogP contribution in [0.5, 0.6) is 86.2 Å². The van der Waals surface area contributed by atoms with E-state index in [0.29, 0.717) is 0 Å². The molecule has 0 fully saturated rings. The lowest BCUT2D eigenvalue weighted by Crippen LogP contribution is -2.39. The van der Waals surface area contributed by atoms with E-state index in [-0.39, 0.29) is 39.3 Å². The van der Waals surface area contributed by atoms with Gasteiger partial charge in [-0.1, -0.05) is 0 Å². The van der Waals surface area contributed by atoms with Crippen LogP contribution in [0, 0.1) is 0 Å². The first-order valence-corrected chi connectivity index (χ1v) is 16.1. The van der Waals surface area contributed by atoms with Gasteiger partial charge in [0.2, 0.25) is 0 Å². The van der Waals surface area contributed by atoms with E-state index in [0.717, 1.165) is 54.6 Å². The number of fused-ring (bicyclic) bond motifs is 2. The summed E-state index contributed by atoms with van der Waals surface area (Å²) in [5.41, 5.74) is -1.64. The summed E-state index contributed by atoms with van der Waals surface area (Å²) in [6.07, 6.45) is -7.01. The summed E-state index contributed by atoms with van der Waals surface area (Å²) in [5.74, 6) is -14.3. The van der Waals surface area contributed by atoms with Gasteiger partial charge in [0.15, 0.2) is 70.1 Å². The van der Waals surface area contributed by atoms with Gasteiger partial charge in [-0.3, -0.25) is 0 Å². The number of aliphatic hydroxyl groups is 1. The number of benzene rings is 5. The van der Waals surface area contributed by atoms with Crippen LogP contribution >= 0.6 is 0 Å². The van der Waals surface area contributed by atoms with Crippen molar-refractivity contribution in [2.45, 2.75) is 36.8 Å². The van der Waals surface area contributed by atoms with Gasteiger partial charge >= 0.3 is 5.97 Å². The molecule has 18 heteroatoms. The molecule has 0 aliphatic carbocycles. The number of aromatic hydroxyl groups is 13. The fraction of sp³-hybridized carbons (Fsp3) is 0.162. The topological polar surface area (TPSA) is 328 Å². The van der Waals surface area contributed by atoms with Gasteiger partial charge in [0, 0.05) is 52.4 Å². The summed E-state index contributed by atoms with van der Waals surface area (Å²) in [5, 5.41) is 147. The number of ether oxygens (including phenoxy) is 3. The Morgan fingerprint density at radius 3 is 1.58 bits per heavy atom. The van der Waals surface area contributed by atoms with Crippen molar-refractivity contribution in [3.05, 3.63) is 88.0 Å². The van der Waals surface area contributed by atoms with Gasteiger partial charge in [-0.25, -0.2) is 4.79 Å². The predicted octanol–water partition coefficient (Wildman–Crippen LogP) is 3.39. The molecule has 2 heterocycles. The summed E-state index contributed by atoms with van der Waals surface area (Å²) < 4.78 is 18.2. The predicted molar refractivity (Wildman–Crippen MR) is 181 cm³/mol. The van der Waals surface area contributed by atoms with E-state index in [1.54, 1.807) is 0 Å². The van der Waals surface area contributed by atoms with Crippen molar-refractivity contribution in [3.8, 4) is 86.2 Å². The van der Waals surface area contributed by atoms with Crippen LogP contribution in [0.15, 0.2) is 54.6 Å². The molecule has 0 spiro atoms. The maximum Gasteiger partial charge on any atom is 0.338 e. The fourth-order valence-electron chi connectivity index (χ4n) is 6.87. The SMILES string of the molecule is O=C(O[C@@H]1C(c2c(O)cc(O)c3c2O[C@H](c2cc(O)c(O)c(O)c2)[C@H](O)C3)c2c(O)cc(O)cc2O[C@@H]1c1cc(O)c(O)c(O)c1)c1cc(O)c(O)c(O)c1. The molecule has 0 aromatic heterocycles. The van der Waals surface area contributed by atoms with Crippen molar-refractivity contribution in [3.63, 3.8) is 0 Å². The molecule has 5 aromatic carbocycles. The zero-order valence-electron chi connectivity index (χ0n) is 27.7. The molecule has 18 nitrogen and oxygen atoms in total. The van der Waals surface area contributed by atoms with E-state index in [2.05, 4.69) is 0 Å². The Kier molecular flexibility index (Phi) is 8.41. The number of hydrogen-bond donors (Lipinski definition) is 14. The summed E-state index contributed by atoms with van der Waals surface area (Å²) in [6.45, 7) is 0. The van der Waals surface area contributed by atoms with Gasteiger partial charge in [-0.2, -0.15) is 0 Å². The molecule has 14 N–H and O–H groups in total. The maximum atomic E-state index is 13.9. The number of phenols is 13. The molecule has 2 aliphatic rings. The van der Waals surface area contributed by atoms with Crippen LogP contribution in [0.1, 0.15) is 56.3 Å². The highest BCUT2D eigenvalue weighted by Gasteiger charge is 2.49. The fourth-order valence-corrected chi connectivity index (χ4v) is 6.87. The van der Waals surface area contributed by atoms with Crippen LogP contribution in [-0.2, 0) is 11.2 Å². The molecule has 2 aliphatic heterocycles. The minimum absolute atomic E-state index is 0.0947. The number of carbonyl (C=O) groups excluding carboxylic acids is 1. The van der Waals surface area contributed by atoms with Crippen LogP contribution in [0.25, 0.3) is 0 Å². The van der Waals surface area contributed by atoms with Crippen molar-refractivity contribution >= 4 is 5.97 Å². The average Bonchev–Trinajstić information content (AvgIpc) is 3.11. The van der Waals surface area contributed by atoms with Crippen molar-refractivity contribution in [1.29, 1.82) is 0 Å². The monoisotopic (exact) mass is 762 g/mol. The van der Waals surface area contributed by atoms with Crippen LogP contribution < -0.4 is 9.47 Å². The van der Waals surface area contributed by atoms with Crippen LogP contribution in [-0.4, -0.2) is 89.7 Å². The first-order valence-electron chi connectivity index (χ1n) is 16.1. The summed E-state index contributed by atoms with van der Waals surface area (Å²) in [7, 11) is 0. The molecule has 5 atom stereocenters. The smallest absolute Gasteiger partial charge is 0.338 e.